The van der Waals surface area contributed by atoms with Gasteiger partial charge in [-0.15, -0.1) is 0 Å². The van der Waals surface area contributed by atoms with Crippen molar-refractivity contribution in [3.63, 3.8) is 0 Å². The van der Waals surface area contributed by atoms with Crippen molar-refractivity contribution in [2.75, 3.05) is 12.4 Å². The molecule has 128 valence electrons. The molecule has 1 heterocycles. The van der Waals surface area contributed by atoms with Gasteiger partial charge in [-0.3, -0.25) is 9.59 Å². The molecule has 0 fully saturated rings. The van der Waals surface area contributed by atoms with E-state index in [4.69, 9.17) is 9.47 Å². The molecule has 24 heavy (non-hydrogen) atoms. The Balaban J connectivity index is 2.39. The van der Waals surface area contributed by atoms with Crippen LogP contribution in [-0.2, 0) is 9.59 Å². The Kier molecular flexibility index (Phi) is 6.94. The highest BCUT2D eigenvalue weighted by atomic mass is 79.9. The molecule has 0 aliphatic carbocycles. The van der Waals surface area contributed by atoms with Crippen molar-refractivity contribution in [1.29, 1.82) is 0 Å². The summed E-state index contributed by atoms with van der Waals surface area (Å²) < 4.78 is 12.1. The van der Waals surface area contributed by atoms with Crippen LogP contribution in [0.3, 0.4) is 0 Å². The number of carbonyl (C=O) groups excluding carboxylic acids is 2. The van der Waals surface area contributed by atoms with Crippen LogP contribution in [0.2, 0.25) is 0 Å². The van der Waals surface area contributed by atoms with Gasteiger partial charge in [0.25, 0.3) is 0 Å². The minimum absolute atomic E-state index is 0.0795. The van der Waals surface area contributed by atoms with E-state index in [2.05, 4.69) is 20.9 Å². The van der Waals surface area contributed by atoms with E-state index in [1.807, 2.05) is 13.8 Å². The Labute approximate surface area is 157 Å². The van der Waals surface area contributed by atoms with Crippen LogP contribution in [0.1, 0.15) is 26.3 Å². The van der Waals surface area contributed by atoms with E-state index in [1.165, 1.54) is 6.92 Å². The number of nitrogens with zero attached hydrogens (tertiary/aromatic N) is 1. The fourth-order valence-corrected chi connectivity index (χ4v) is 4.19. The summed E-state index contributed by atoms with van der Waals surface area (Å²) in [6.45, 7) is 5.60. The van der Waals surface area contributed by atoms with Gasteiger partial charge in [0.05, 0.1) is 11.1 Å². The molecule has 1 aliphatic rings. The van der Waals surface area contributed by atoms with Gasteiger partial charge in [-0.25, -0.2) is 4.99 Å². The van der Waals surface area contributed by atoms with Crippen LogP contribution in [0, 0.1) is 0 Å². The minimum Gasteiger partial charge on any atom is -0.490 e. The highest BCUT2D eigenvalue weighted by Gasteiger charge is 2.22. The molecule has 8 heteroatoms. The summed E-state index contributed by atoms with van der Waals surface area (Å²) in [4.78, 5) is 27.6. The zero-order valence-electron chi connectivity index (χ0n) is 13.4. The number of esters is 1. The lowest BCUT2D eigenvalue weighted by molar-refractivity contribution is -0.132. The smallest absolute Gasteiger partial charge is 0.308 e. The molecule has 0 saturated heterocycles. The molecule has 1 aliphatic heterocycles. The number of halogens is 1. The second-order valence-electron chi connectivity index (χ2n) is 4.59. The topological polar surface area (TPSA) is 65.0 Å². The van der Waals surface area contributed by atoms with Crippen molar-refractivity contribution in [2.24, 2.45) is 4.99 Å². The third-order valence-electron chi connectivity index (χ3n) is 2.75. The molecule has 2 rings (SSSR count). The van der Waals surface area contributed by atoms with Crippen LogP contribution in [0.25, 0.3) is 6.08 Å². The minimum atomic E-state index is -0.434. The molecular weight excluding hydrogens is 414 g/mol. The largest absolute Gasteiger partial charge is 0.490 e. The summed E-state index contributed by atoms with van der Waals surface area (Å²) in [5.41, 5.74) is 1.13. The first-order valence-corrected chi connectivity index (χ1v) is 9.84. The Hall–Kier alpha value is -1.25. The summed E-state index contributed by atoms with van der Waals surface area (Å²) in [6.07, 6.45) is 1.70. The number of carbonyl (C=O) groups is 2. The fraction of sp³-hybridized carbons (Fsp3) is 0.312. The molecule has 1 aromatic rings. The van der Waals surface area contributed by atoms with Crippen molar-refractivity contribution >= 4 is 61.0 Å². The molecule has 0 spiro atoms. The first-order valence-electron chi connectivity index (χ1n) is 7.24. The zero-order valence-corrected chi connectivity index (χ0v) is 16.6. The van der Waals surface area contributed by atoms with E-state index in [0.717, 1.165) is 27.5 Å². The second kappa shape index (κ2) is 8.73. The molecule has 5 nitrogen and oxygen atoms in total. The molecule has 0 amide bonds. The number of benzene rings is 1. The molecule has 0 bridgehead atoms. The van der Waals surface area contributed by atoms with Gasteiger partial charge in [-0.1, -0.05) is 18.7 Å². The Morgan fingerprint density at radius 2 is 2.17 bits per heavy atom. The van der Waals surface area contributed by atoms with Crippen LogP contribution in [0.5, 0.6) is 11.5 Å². The summed E-state index contributed by atoms with van der Waals surface area (Å²) >= 11 is 6.06. The van der Waals surface area contributed by atoms with E-state index >= 15 is 0 Å². The molecular formula is C16H16BrNO4S2. The molecule has 0 atom stereocenters. The monoisotopic (exact) mass is 429 g/mol. The van der Waals surface area contributed by atoms with Crippen LogP contribution in [0.15, 0.2) is 27.3 Å². The van der Waals surface area contributed by atoms with Gasteiger partial charge in [0.15, 0.2) is 11.5 Å². The van der Waals surface area contributed by atoms with E-state index in [9.17, 15) is 9.59 Å². The molecule has 0 radical (unpaired) electrons. The van der Waals surface area contributed by atoms with Crippen molar-refractivity contribution in [2.45, 2.75) is 20.8 Å². The van der Waals surface area contributed by atoms with Gasteiger partial charge in [-0.05, 0) is 64.1 Å². The standard InChI is InChI=1S/C16H16BrNO4S2/c1-4-21-13-8-10(6-11(17)14(13)22-9(3)19)7-12-15(20)24-16(18-12)23-5-2/h6-8H,4-5H2,1-3H3/b12-7-. The van der Waals surface area contributed by atoms with Gasteiger partial charge in [0, 0.05) is 6.92 Å². The van der Waals surface area contributed by atoms with Crippen LogP contribution < -0.4 is 9.47 Å². The van der Waals surface area contributed by atoms with Crippen LogP contribution in [-0.4, -0.2) is 27.8 Å². The number of hydrogen-bond donors (Lipinski definition) is 0. The Morgan fingerprint density at radius 1 is 1.42 bits per heavy atom. The predicted molar refractivity (Wildman–Crippen MR) is 103 cm³/mol. The first kappa shape index (κ1) is 19.1. The third kappa shape index (κ3) is 4.87. The summed E-state index contributed by atoms with van der Waals surface area (Å²) in [6, 6.07) is 3.48. The summed E-state index contributed by atoms with van der Waals surface area (Å²) in [7, 11) is 0. The van der Waals surface area contributed by atoms with Crippen molar-refractivity contribution in [1.82, 2.24) is 0 Å². The number of hydrogen-bond acceptors (Lipinski definition) is 7. The lowest BCUT2D eigenvalue weighted by atomic mass is 10.1. The van der Waals surface area contributed by atoms with Crippen LogP contribution >= 0.6 is 39.5 Å². The summed E-state index contributed by atoms with van der Waals surface area (Å²) in [5.74, 6) is 1.18. The Bertz CT molecular complexity index is 731. The van der Waals surface area contributed by atoms with Crippen LogP contribution in [0.4, 0.5) is 0 Å². The van der Waals surface area contributed by atoms with Gasteiger partial charge in [0.2, 0.25) is 5.12 Å². The van der Waals surface area contributed by atoms with E-state index in [1.54, 1.807) is 30.0 Å². The lowest BCUT2D eigenvalue weighted by Crippen LogP contribution is -2.05. The maximum absolute atomic E-state index is 12.0. The van der Waals surface area contributed by atoms with Gasteiger partial charge in [-0.2, -0.15) is 0 Å². The van der Waals surface area contributed by atoms with Gasteiger partial charge in [0.1, 0.15) is 10.1 Å². The average Bonchev–Trinajstić information content (AvgIpc) is 2.83. The normalized spacial score (nSPS) is 15.6. The van der Waals surface area contributed by atoms with Gasteiger partial charge >= 0.3 is 5.97 Å². The third-order valence-corrected chi connectivity index (χ3v) is 5.23. The van der Waals surface area contributed by atoms with Crippen molar-refractivity contribution in [3.05, 3.63) is 27.9 Å². The average molecular weight is 430 g/mol. The highest BCUT2D eigenvalue weighted by molar-refractivity contribution is 9.10. The number of aliphatic imine (C=N–C) groups is 1. The first-order chi connectivity index (χ1) is 11.4. The van der Waals surface area contributed by atoms with Gasteiger partial charge < -0.3 is 9.47 Å². The molecule has 0 N–H and O–H groups in total. The highest BCUT2D eigenvalue weighted by Crippen LogP contribution is 2.38. The molecule has 1 aromatic carbocycles. The number of ether oxygens (including phenoxy) is 2. The lowest BCUT2D eigenvalue weighted by Gasteiger charge is -2.12. The maximum atomic E-state index is 12.0. The molecule has 0 unspecified atom stereocenters. The van der Waals surface area contributed by atoms with Crippen molar-refractivity contribution < 1.29 is 19.1 Å². The second-order valence-corrected chi connectivity index (χ2v) is 7.91. The van der Waals surface area contributed by atoms with E-state index in [-0.39, 0.29) is 5.12 Å². The van der Waals surface area contributed by atoms with Crippen molar-refractivity contribution in [3.8, 4) is 11.5 Å². The number of thioether (sulfide) groups is 2. The molecule has 0 saturated carbocycles. The molecule has 0 aromatic heterocycles. The fourth-order valence-electron chi connectivity index (χ4n) is 1.91. The van der Waals surface area contributed by atoms with E-state index in [0.29, 0.717) is 28.3 Å². The SMILES string of the molecule is CCOc1cc(/C=C2\N=C(SCC)SC2=O)cc(Br)c1OC(C)=O. The summed E-state index contributed by atoms with van der Waals surface area (Å²) in [5, 5.41) is -0.0795. The predicted octanol–water partition coefficient (Wildman–Crippen LogP) is 4.50. The quantitative estimate of drug-likeness (QED) is 0.390. The maximum Gasteiger partial charge on any atom is 0.308 e. The number of rotatable bonds is 5. The Morgan fingerprint density at radius 3 is 2.79 bits per heavy atom. The van der Waals surface area contributed by atoms with E-state index < -0.39 is 5.97 Å². The zero-order chi connectivity index (χ0) is 17.7.